The molecule has 0 saturated carbocycles. The lowest BCUT2D eigenvalue weighted by Crippen LogP contribution is -2.18. The molecule has 0 fully saturated rings. The van der Waals surface area contributed by atoms with E-state index >= 15 is 0 Å². The molecule has 1 atom stereocenters. The summed E-state index contributed by atoms with van der Waals surface area (Å²) in [5.74, 6) is 0.899. The molecule has 2 N–H and O–H groups in total. The molecule has 0 heterocycles. The van der Waals surface area contributed by atoms with Gasteiger partial charge in [0.2, 0.25) is 0 Å². The lowest BCUT2D eigenvalue weighted by atomic mass is 9.98. The van der Waals surface area contributed by atoms with Gasteiger partial charge in [-0.25, -0.2) is 0 Å². The van der Waals surface area contributed by atoms with E-state index < -0.39 is 0 Å². The quantitative estimate of drug-likeness (QED) is 0.891. The van der Waals surface area contributed by atoms with Crippen LogP contribution in [-0.2, 0) is 12.8 Å². The third-order valence-electron chi connectivity index (χ3n) is 3.19. The number of hydrogen-bond acceptors (Lipinski definition) is 2. The van der Waals surface area contributed by atoms with Gasteiger partial charge in [-0.1, -0.05) is 41.9 Å². The van der Waals surface area contributed by atoms with Gasteiger partial charge in [0.25, 0.3) is 0 Å². The zero-order valence-electron chi connectivity index (χ0n) is 12.3. The highest BCUT2D eigenvalue weighted by molar-refractivity contribution is 6.30. The third-order valence-corrected chi connectivity index (χ3v) is 3.41. The van der Waals surface area contributed by atoms with Gasteiger partial charge >= 0.3 is 0 Å². The van der Waals surface area contributed by atoms with Crippen LogP contribution >= 0.6 is 24.0 Å². The van der Waals surface area contributed by atoms with Crippen LogP contribution in [0.5, 0.6) is 5.75 Å². The summed E-state index contributed by atoms with van der Waals surface area (Å²) in [6.45, 7) is 1.98. The molecule has 21 heavy (non-hydrogen) atoms. The lowest BCUT2D eigenvalue weighted by Gasteiger charge is -2.16. The maximum Gasteiger partial charge on any atom is 0.125 e. The van der Waals surface area contributed by atoms with Gasteiger partial charge in [0.05, 0.1) is 7.11 Å². The SMILES string of the molecule is COc1c(Cc2ccccc2)cc(Cl)cc1CC(C)N.Cl. The second-order valence-corrected chi connectivity index (χ2v) is 5.54. The van der Waals surface area contributed by atoms with E-state index in [-0.39, 0.29) is 18.4 Å². The molecule has 0 aliphatic heterocycles. The molecule has 0 radical (unpaired) electrons. The topological polar surface area (TPSA) is 35.2 Å². The van der Waals surface area contributed by atoms with E-state index in [2.05, 4.69) is 12.1 Å². The minimum Gasteiger partial charge on any atom is -0.496 e. The van der Waals surface area contributed by atoms with E-state index in [1.54, 1.807) is 7.11 Å². The average molecular weight is 326 g/mol. The highest BCUT2D eigenvalue weighted by Crippen LogP contribution is 2.30. The molecule has 4 heteroatoms. The molecular weight excluding hydrogens is 305 g/mol. The minimum atomic E-state index is 0. The first-order valence-corrected chi connectivity index (χ1v) is 7.12. The van der Waals surface area contributed by atoms with Crippen molar-refractivity contribution in [2.24, 2.45) is 5.73 Å². The molecule has 2 aromatic rings. The minimum absolute atomic E-state index is 0. The standard InChI is InChI=1S/C17H20ClNO.ClH/c1-12(19)8-14-10-16(18)11-15(17(14)20-2)9-13-6-4-3-5-7-13;/h3-7,10-12H,8-9,19H2,1-2H3;1H. The van der Waals surface area contributed by atoms with E-state index in [1.165, 1.54) is 5.56 Å². The lowest BCUT2D eigenvalue weighted by molar-refractivity contribution is 0.404. The van der Waals surface area contributed by atoms with Crippen molar-refractivity contribution in [1.82, 2.24) is 0 Å². The number of methoxy groups -OCH3 is 1. The number of halogens is 2. The van der Waals surface area contributed by atoms with Gasteiger partial charge in [-0.05, 0) is 36.6 Å². The summed E-state index contributed by atoms with van der Waals surface area (Å²) in [7, 11) is 1.70. The molecule has 0 spiro atoms. The number of benzene rings is 2. The van der Waals surface area contributed by atoms with E-state index in [0.717, 1.165) is 34.7 Å². The van der Waals surface area contributed by atoms with Crippen molar-refractivity contribution in [2.75, 3.05) is 7.11 Å². The summed E-state index contributed by atoms with van der Waals surface area (Å²) in [5, 5.41) is 0.729. The van der Waals surface area contributed by atoms with Crippen LogP contribution < -0.4 is 10.5 Å². The van der Waals surface area contributed by atoms with Crippen LogP contribution in [0.4, 0.5) is 0 Å². The largest absolute Gasteiger partial charge is 0.496 e. The van der Waals surface area contributed by atoms with Gasteiger partial charge in [-0.2, -0.15) is 0 Å². The highest BCUT2D eigenvalue weighted by atomic mass is 35.5. The first-order valence-electron chi connectivity index (χ1n) is 6.75. The molecule has 0 aromatic heterocycles. The van der Waals surface area contributed by atoms with Crippen LogP contribution in [0.15, 0.2) is 42.5 Å². The molecule has 0 amide bonds. The Kier molecular flexibility index (Phi) is 7.03. The summed E-state index contributed by atoms with van der Waals surface area (Å²) in [5.41, 5.74) is 9.31. The van der Waals surface area contributed by atoms with Crippen LogP contribution in [0.1, 0.15) is 23.6 Å². The Morgan fingerprint density at radius 3 is 2.33 bits per heavy atom. The summed E-state index contributed by atoms with van der Waals surface area (Å²) in [6.07, 6.45) is 1.56. The molecule has 2 nitrogen and oxygen atoms in total. The Labute approximate surface area is 137 Å². The third kappa shape index (κ3) is 4.92. The van der Waals surface area contributed by atoms with Crippen molar-refractivity contribution in [3.63, 3.8) is 0 Å². The van der Waals surface area contributed by atoms with Crippen LogP contribution in [0, 0.1) is 0 Å². The van der Waals surface area contributed by atoms with Gasteiger partial charge in [0.15, 0.2) is 0 Å². The maximum absolute atomic E-state index is 6.23. The van der Waals surface area contributed by atoms with Crippen molar-refractivity contribution in [3.8, 4) is 5.75 Å². The predicted octanol–water partition coefficient (Wildman–Crippen LogP) is 4.25. The number of nitrogens with two attached hydrogens (primary N) is 1. The van der Waals surface area contributed by atoms with E-state index in [0.29, 0.717) is 0 Å². The molecule has 114 valence electrons. The van der Waals surface area contributed by atoms with Gasteiger partial charge in [-0.15, -0.1) is 12.4 Å². The molecule has 0 bridgehead atoms. The Morgan fingerprint density at radius 2 is 1.76 bits per heavy atom. The monoisotopic (exact) mass is 325 g/mol. The highest BCUT2D eigenvalue weighted by Gasteiger charge is 2.13. The van der Waals surface area contributed by atoms with Crippen LogP contribution in [0.2, 0.25) is 5.02 Å². The van der Waals surface area contributed by atoms with Crippen molar-refractivity contribution in [3.05, 3.63) is 64.2 Å². The molecule has 0 saturated heterocycles. The number of rotatable bonds is 5. The van der Waals surface area contributed by atoms with Crippen molar-refractivity contribution >= 4 is 24.0 Å². The van der Waals surface area contributed by atoms with Crippen molar-refractivity contribution < 1.29 is 4.74 Å². The summed E-state index contributed by atoms with van der Waals surface area (Å²) < 4.78 is 5.59. The van der Waals surface area contributed by atoms with E-state index in [1.807, 2.05) is 37.3 Å². The van der Waals surface area contributed by atoms with Gasteiger partial charge in [-0.3, -0.25) is 0 Å². The normalized spacial score (nSPS) is 11.6. The van der Waals surface area contributed by atoms with E-state index in [4.69, 9.17) is 22.1 Å². The van der Waals surface area contributed by atoms with Crippen LogP contribution in [-0.4, -0.2) is 13.2 Å². The molecule has 2 aromatic carbocycles. The van der Waals surface area contributed by atoms with Gasteiger partial charge < -0.3 is 10.5 Å². The predicted molar refractivity (Wildman–Crippen MR) is 91.9 cm³/mol. The average Bonchev–Trinajstić information content (AvgIpc) is 2.39. The maximum atomic E-state index is 6.23. The summed E-state index contributed by atoms with van der Waals surface area (Å²) in [4.78, 5) is 0. The van der Waals surface area contributed by atoms with Crippen molar-refractivity contribution in [1.29, 1.82) is 0 Å². The Balaban J connectivity index is 0.00000220. The second kappa shape index (κ2) is 8.28. The molecule has 0 aliphatic carbocycles. The summed E-state index contributed by atoms with van der Waals surface area (Å²) in [6, 6.07) is 14.3. The summed E-state index contributed by atoms with van der Waals surface area (Å²) >= 11 is 6.23. The zero-order valence-corrected chi connectivity index (χ0v) is 13.9. The number of ether oxygens (including phenoxy) is 1. The van der Waals surface area contributed by atoms with E-state index in [9.17, 15) is 0 Å². The Hall–Kier alpha value is -1.22. The zero-order chi connectivity index (χ0) is 14.5. The molecule has 0 aliphatic rings. The molecular formula is C17H21Cl2NO. The van der Waals surface area contributed by atoms with Gasteiger partial charge in [0.1, 0.15) is 5.75 Å². The Bertz CT molecular complexity index is 571. The molecule has 2 rings (SSSR count). The van der Waals surface area contributed by atoms with Gasteiger partial charge in [0, 0.05) is 23.0 Å². The fourth-order valence-electron chi connectivity index (χ4n) is 2.42. The van der Waals surface area contributed by atoms with Crippen LogP contribution in [0.3, 0.4) is 0 Å². The van der Waals surface area contributed by atoms with Crippen LogP contribution in [0.25, 0.3) is 0 Å². The molecule has 1 unspecified atom stereocenters. The Morgan fingerprint density at radius 1 is 1.14 bits per heavy atom. The fourth-order valence-corrected chi connectivity index (χ4v) is 2.68. The number of hydrogen-bond donors (Lipinski definition) is 1. The first-order chi connectivity index (χ1) is 9.60. The second-order valence-electron chi connectivity index (χ2n) is 5.10. The smallest absolute Gasteiger partial charge is 0.125 e. The van der Waals surface area contributed by atoms with Crippen molar-refractivity contribution in [2.45, 2.75) is 25.8 Å². The first kappa shape index (κ1) is 17.8. The fraction of sp³-hybridized carbons (Fsp3) is 0.294.